The van der Waals surface area contributed by atoms with Crippen LogP contribution in [0.3, 0.4) is 0 Å². The Kier molecular flexibility index (Phi) is 4.30. The molecule has 1 unspecified atom stereocenters. The molecule has 1 aliphatic rings. The molecule has 2 rings (SSSR count). The molecule has 0 radical (unpaired) electrons. The van der Waals surface area contributed by atoms with Crippen LogP contribution in [0.1, 0.15) is 37.8 Å². The Morgan fingerprint density at radius 2 is 1.62 bits per heavy atom. The molecule has 1 aromatic rings. The van der Waals surface area contributed by atoms with Crippen LogP contribution < -0.4 is 0 Å². The Balaban J connectivity index is 0.000000280. The highest BCUT2D eigenvalue weighted by atomic mass is 14.3. The minimum Gasteiger partial charge on any atom is -0.0991 e. The number of hydrogen-bond donors (Lipinski definition) is 0. The second kappa shape index (κ2) is 5.50. The molecule has 0 aliphatic heterocycles. The molecule has 0 bridgehead atoms. The minimum atomic E-state index is 0.626. The summed E-state index contributed by atoms with van der Waals surface area (Å²) in [5, 5.41) is 0. The van der Waals surface area contributed by atoms with Crippen molar-refractivity contribution in [3.05, 3.63) is 66.3 Å². The van der Waals surface area contributed by atoms with Crippen LogP contribution in [0.5, 0.6) is 0 Å². The van der Waals surface area contributed by atoms with Crippen molar-refractivity contribution in [3.63, 3.8) is 0 Å². The van der Waals surface area contributed by atoms with Crippen molar-refractivity contribution in [1.82, 2.24) is 0 Å². The highest BCUT2D eigenvalue weighted by molar-refractivity contribution is 5.76. The molecule has 0 fully saturated rings. The lowest BCUT2D eigenvalue weighted by molar-refractivity contribution is 0.920. The fourth-order valence-electron chi connectivity index (χ4n) is 1.99. The third kappa shape index (κ3) is 2.33. The van der Waals surface area contributed by atoms with E-state index in [9.17, 15) is 0 Å². The fraction of sp³-hybridized carbons (Fsp3) is 0.250. The number of fused-ring (bicyclic) bond motifs is 1. The molecule has 0 N–H and O–H groups in total. The van der Waals surface area contributed by atoms with E-state index < -0.39 is 0 Å². The SMILES string of the molecule is C=CC=C.CC1=C(C)C(C)c2ccccc21. The predicted molar refractivity (Wildman–Crippen MR) is 73.5 cm³/mol. The molecule has 84 valence electrons. The summed E-state index contributed by atoms with van der Waals surface area (Å²) in [5.41, 5.74) is 5.93. The van der Waals surface area contributed by atoms with E-state index in [1.807, 2.05) is 0 Å². The van der Waals surface area contributed by atoms with Crippen molar-refractivity contribution in [2.75, 3.05) is 0 Å². The van der Waals surface area contributed by atoms with Crippen molar-refractivity contribution < 1.29 is 0 Å². The predicted octanol–water partition coefficient (Wildman–Crippen LogP) is 4.96. The Morgan fingerprint density at radius 1 is 1.06 bits per heavy atom. The molecular weight excluding hydrogens is 192 g/mol. The zero-order valence-electron chi connectivity index (χ0n) is 10.5. The van der Waals surface area contributed by atoms with Crippen LogP contribution in [0, 0.1) is 0 Å². The van der Waals surface area contributed by atoms with Gasteiger partial charge < -0.3 is 0 Å². The normalized spacial score (nSPS) is 17.3. The first kappa shape index (κ1) is 12.5. The molecule has 0 saturated carbocycles. The van der Waals surface area contributed by atoms with Crippen molar-refractivity contribution in [3.8, 4) is 0 Å². The number of hydrogen-bond acceptors (Lipinski definition) is 0. The monoisotopic (exact) mass is 212 g/mol. The minimum absolute atomic E-state index is 0.626. The summed E-state index contributed by atoms with van der Waals surface area (Å²) in [6.45, 7) is 13.5. The average molecular weight is 212 g/mol. The van der Waals surface area contributed by atoms with E-state index in [1.165, 1.54) is 22.3 Å². The van der Waals surface area contributed by atoms with Gasteiger partial charge in [-0.2, -0.15) is 0 Å². The van der Waals surface area contributed by atoms with Gasteiger partial charge in [0.2, 0.25) is 0 Å². The van der Waals surface area contributed by atoms with E-state index in [1.54, 1.807) is 12.2 Å². The molecule has 0 amide bonds. The number of allylic oxidation sites excluding steroid dienone is 4. The zero-order chi connectivity index (χ0) is 12.1. The molecule has 0 saturated heterocycles. The average Bonchev–Trinajstić information content (AvgIpc) is 2.56. The fourth-order valence-corrected chi connectivity index (χ4v) is 1.99. The van der Waals surface area contributed by atoms with Gasteiger partial charge in [0.15, 0.2) is 0 Å². The third-order valence-electron chi connectivity index (χ3n) is 3.24. The van der Waals surface area contributed by atoms with Crippen LogP contribution in [0.15, 0.2) is 55.1 Å². The van der Waals surface area contributed by atoms with Gasteiger partial charge in [0.05, 0.1) is 0 Å². The van der Waals surface area contributed by atoms with Gasteiger partial charge >= 0.3 is 0 Å². The smallest absolute Gasteiger partial charge is 0.00290 e. The van der Waals surface area contributed by atoms with Crippen LogP contribution in [0.25, 0.3) is 5.57 Å². The molecule has 0 spiro atoms. The topological polar surface area (TPSA) is 0 Å². The van der Waals surface area contributed by atoms with Gasteiger partial charge in [-0.05, 0) is 30.5 Å². The quantitative estimate of drug-likeness (QED) is 0.577. The number of benzene rings is 1. The maximum atomic E-state index is 3.36. The first-order chi connectivity index (χ1) is 7.63. The number of rotatable bonds is 1. The molecule has 0 aromatic heterocycles. The highest BCUT2D eigenvalue weighted by Gasteiger charge is 2.21. The van der Waals surface area contributed by atoms with Crippen LogP contribution in [0.4, 0.5) is 0 Å². The maximum Gasteiger partial charge on any atom is 0.00290 e. The highest BCUT2D eigenvalue weighted by Crippen LogP contribution is 2.40. The standard InChI is InChI=1S/C12H14.C4H6/c1-8-9(2)11-6-4-5-7-12(11)10(8)3;1-3-4-2/h4-7,9H,1-3H3;3-4H,1-2H2. The van der Waals surface area contributed by atoms with Crippen LogP contribution >= 0.6 is 0 Å². The van der Waals surface area contributed by atoms with Crippen molar-refractivity contribution >= 4 is 5.57 Å². The molecular formula is C16H20. The molecule has 1 aliphatic carbocycles. The summed E-state index contributed by atoms with van der Waals surface area (Å²) in [5.74, 6) is 0.626. The molecule has 16 heavy (non-hydrogen) atoms. The van der Waals surface area contributed by atoms with Crippen LogP contribution in [-0.2, 0) is 0 Å². The van der Waals surface area contributed by atoms with E-state index in [-0.39, 0.29) is 0 Å². The molecule has 1 aromatic carbocycles. The summed E-state index contributed by atoms with van der Waals surface area (Å²) in [6.07, 6.45) is 3.28. The van der Waals surface area contributed by atoms with E-state index in [0.29, 0.717) is 5.92 Å². The second-order valence-electron chi connectivity index (χ2n) is 4.09. The lowest BCUT2D eigenvalue weighted by Crippen LogP contribution is -1.88. The second-order valence-corrected chi connectivity index (χ2v) is 4.09. The van der Waals surface area contributed by atoms with Gasteiger partial charge in [-0.15, -0.1) is 0 Å². The summed E-state index contributed by atoms with van der Waals surface area (Å²) in [6, 6.07) is 8.70. The van der Waals surface area contributed by atoms with Crippen molar-refractivity contribution in [2.24, 2.45) is 0 Å². The van der Waals surface area contributed by atoms with E-state index in [0.717, 1.165) is 0 Å². The van der Waals surface area contributed by atoms with Gasteiger partial charge in [0.1, 0.15) is 0 Å². The zero-order valence-corrected chi connectivity index (χ0v) is 10.5. The summed E-state index contributed by atoms with van der Waals surface area (Å²) < 4.78 is 0. The van der Waals surface area contributed by atoms with Gasteiger partial charge in [0.25, 0.3) is 0 Å². The van der Waals surface area contributed by atoms with Crippen LogP contribution in [-0.4, -0.2) is 0 Å². The molecule has 1 atom stereocenters. The lowest BCUT2D eigenvalue weighted by atomic mass is 9.99. The van der Waals surface area contributed by atoms with E-state index in [4.69, 9.17) is 0 Å². The first-order valence-electron chi connectivity index (χ1n) is 5.63. The summed E-state index contributed by atoms with van der Waals surface area (Å²) >= 11 is 0. The largest absolute Gasteiger partial charge is 0.0991 e. The Hall–Kier alpha value is -1.56. The molecule has 0 nitrogen and oxygen atoms in total. The van der Waals surface area contributed by atoms with E-state index in [2.05, 4.69) is 58.2 Å². The Morgan fingerprint density at radius 3 is 2.12 bits per heavy atom. The van der Waals surface area contributed by atoms with Crippen molar-refractivity contribution in [2.45, 2.75) is 26.7 Å². The lowest BCUT2D eigenvalue weighted by Gasteiger charge is -2.05. The molecule has 0 heterocycles. The van der Waals surface area contributed by atoms with Gasteiger partial charge in [-0.3, -0.25) is 0 Å². The Bertz CT molecular complexity index is 415. The summed E-state index contributed by atoms with van der Waals surface area (Å²) in [4.78, 5) is 0. The van der Waals surface area contributed by atoms with Crippen LogP contribution in [0.2, 0.25) is 0 Å². The van der Waals surface area contributed by atoms with Gasteiger partial charge in [-0.1, -0.05) is 62.1 Å². The Labute approximate surface area is 99.0 Å². The summed E-state index contributed by atoms with van der Waals surface area (Å²) in [7, 11) is 0. The van der Waals surface area contributed by atoms with Gasteiger partial charge in [-0.25, -0.2) is 0 Å². The van der Waals surface area contributed by atoms with Crippen molar-refractivity contribution in [1.29, 1.82) is 0 Å². The van der Waals surface area contributed by atoms with Gasteiger partial charge in [0, 0.05) is 5.92 Å². The first-order valence-corrected chi connectivity index (χ1v) is 5.63. The maximum absolute atomic E-state index is 3.36. The molecule has 0 heteroatoms. The third-order valence-corrected chi connectivity index (χ3v) is 3.24. The van der Waals surface area contributed by atoms with E-state index >= 15 is 0 Å².